The molecule has 4 nitrogen and oxygen atoms in total. The molecule has 2 fully saturated rings. The summed E-state index contributed by atoms with van der Waals surface area (Å²) < 4.78 is 0. The Hall–Kier alpha value is -0.610. The quantitative estimate of drug-likeness (QED) is 0.692. The monoisotopic (exact) mass is 254 g/mol. The molecule has 2 saturated carbocycles. The summed E-state index contributed by atoms with van der Waals surface area (Å²) in [5, 5.41) is 12.9. The normalized spacial score (nSPS) is 41.4. The highest BCUT2D eigenvalue weighted by molar-refractivity contribution is 5.79. The first kappa shape index (κ1) is 13.8. The lowest BCUT2D eigenvalue weighted by atomic mass is 9.78. The van der Waals surface area contributed by atoms with E-state index in [1.807, 2.05) is 0 Å². The number of hydrogen-bond donors (Lipinski definition) is 3. The van der Waals surface area contributed by atoms with Gasteiger partial charge in [0.05, 0.1) is 12.1 Å². The van der Waals surface area contributed by atoms with Crippen LogP contribution in [-0.2, 0) is 4.79 Å². The highest BCUT2D eigenvalue weighted by atomic mass is 16.3. The Labute approximate surface area is 109 Å². The minimum atomic E-state index is -0.356. The zero-order chi connectivity index (χ0) is 13.1. The zero-order valence-corrected chi connectivity index (χ0v) is 11.3. The molecule has 2 aliphatic carbocycles. The molecule has 5 atom stereocenters. The minimum absolute atomic E-state index is 0.0304. The van der Waals surface area contributed by atoms with Crippen LogP contribution in [0.5, 0.6) is 0 Å². The van der Waals surface area contributed by atoms with E-state index in [0.717, 1.165) is 44.9 Å². The van der Waals surface area contributed by atoms with Gasteiger partial charge in [-0.2, -0.15) is 0 Å². The fourth-order valence-corrected chi connectivity index (χ4v) is 3.24. The van der Waals surface area contributed by atoms with Gasteiger partial charge in [-0.05, 0) is 38.0 Å². The molecule has 2 aliphatic rings. The molecule has 0 radical (unpaired) electrons. The number of carbonyl (C=O) groups is 1. The van der Waals surface area contributed by atoms with Crippen LogP contribution in [-0.4, -0.2) is 29.2 Å². The average Bonchev–Trinajstić information content (AvgIpc) is 2.35. The molecule has 0 aromatic rings. The SMILES string of the molecule is CC1CC(C(=O)NC2CCCCC2O)CCC1N. The molecule has 2 rings (SSSR count). The van der Waals surface area contributed by atoms with Gasteiger partial charge >= 0.3 is 0 Å². The van der Waals surface area contributed by atoms with E-state index in [0.29, 0.717) is 5.92 Å². The van der Waals surface area contributed by atoms with Crippen molar-refractivity contribution in [2.45, 2.75) is 70.1 Å². The van der Waals surface area contributed by atoms with Gasteiger partial charge in [0.2, 0.25) is 5.91 Å². The number of aliphatic hydroxyl groups is 1. The van der Waals surface area contributed by atoms with Gasteiger partial charge in [0.15, 0.2) is 0 Å². The predicted molar refractivity (Wildman–Crippen MR) is 70.9 cm³/mol. The van der Waals surface area contributed by atoms with Crippen LogP contribution in [0.1, 0.15) is 51.9 Å². The molecular formula is C14H26N2O2. The van der Waals surface area contributed by atoms with Gasteiger partial charge in [-0.1, -0.05) is 19.8 Å². The second-order valence-corrected chi connectivity index (χ2v) is 6.12. The van der Waals surface area contributed by atoms with Crippen LogP contribution in [0.2, 0.25) is 0 Å². The Kier molecular flexibility index (Phi) is 4.62. The van der Waals surface area contributed by atoms with Crippen molar-refractivity contribution in [3.63, 3.8) is 0 Å². The molecular weight excluding hydrogens is 228 g/mol. The number of nitrogens with two attached hydrogens (primary N) is 1. The summed E-state index contributed by atoms with van der Waals surface area (Å²) in [6.45, 7) is 2.12. The van der Waals surface area contributed by atoms with E-state index >= 15 is 0 Å². The molecule has 0 saturated heterocycles. The van der Waals surface area contributed by atoms with Crippen LogP contribution < -0.4 is 11.1 Å². The van der Waals surface area contributed by atoms with Crippen molar-refractivity contribution < 1.29 is 9.90 Å². The Bertz CT molecular complexity index is 296. The van der Waals surface area contributed by atoms with Crippen LogP contribution in [0.3, 0.4) is 0 Å². The molecule has 0 aromatic carbocycles. The van der Waals surface area contributed by atoms with E-state index < -0.39 is 0 Å². The maximum Gasteiger partial charge on any atom is 0.223 e. The summed E-state index contributed by atoms with van der Waals surface area (Å²) in [5.74, 6) is 0.638. The highest BCUT2D eigenvalue weighted by Crippen LogP contribution is 2.28. The van der Waals surface area contributed by atoms with Crippen molar-refractivity contribution >= 4 is 5.91 Å². The Morgan fingerprint density at radius 2 is 1.94 bits per heavy atom. The third-order valence-electron chi connectivity index (χ3n) is 4.66. The molecule has 5 unspecified atom stereocenters. The molecule has 4 N–H and O–H groups in total. The number of hydrogen-bond acceptors (Lipinski definition) is 3. The van der Waals surface area contributed by atoms with E-state index in [4.69, 9.17) is 5.73 Å². The van der Waals surface area contributed by atoms with E-state index in [1.54, 1.807) is 0 Å². The average molecular weight is 254 g/mol. The first-order valence-corrected chi connectivity index (χ1v) is 7.32. The van der Waals surface area contributed by atoms with Crippen LogP contribution in [0.15, 0.2) is 0 Å². The molecule has 0 aromatic heterocycles. The fourth-order valence-electron chi connectivity index (χ4n) is 3.24. The van der Waals surface area contributed by atoms with E-state index in [-0.39, 0.29) is 30.0 Å². The summed E-state index contributed by atoms with van der Waals surface area (Å²) in [5.41, 5.74) is 5.98. The molecule has 18 heavy (non-hydrogen) atoms. The zero-order valence-electron chi connectivity index (χ0n) is 11.3. The second kappa shape index (κ2) is 6.02. The summed E-state index contributed by atoms with van der Waals surface area (Å²) in [6, 6.07) is 0.214. The Balaban J connectivity index is 1.84. The van der Waals surface area contributed by atoms with Crippen LogP contribution in [0, 0.1) is 11.8 Å². The minimum Gasteiger partial charge on any atom is -0.391 e. The third kappa shape index (κ3) is 3.23. The molecule has 0 bridgehead atoms. The van der Waals surface area contributed by atoms with Gasteiger partial charge in [0.25, 0.3) is 0 Å². The summed E-state index contributed by atoms with van der Waals surface area (Å²) in [4.78, 5) is 12.2. The summed E-state index contributed by atoms with van der Waals surface area (Å²) >= 11 is 0. The number of aliphatic hydroxyl groups excluding tert-OH is 1. The highest BCUT2D eigenvalue weighted by Gasteiger charge is 2.32. The first-order valence-electron chi connectivity index (χ1n) is 7.32. The first-order chi connectivity index (χ1) is 8.58. The molecule has 1 amide bonds. The summed E-state index contributed by atoms with van der Waals surface area (Å²) in [6.07, 6.45) is 6.26. The topological polar surface area (TPSA) is 75.3 Å². The van der Waals surface area contributed by atoms with Crippen molar-refractivity contribution in [3.8, 4) is 0 Å². The van der Waals surface area contributed by atoms with Gasteiger partial charge in [-0.15, -0.1) is 0 Å². The number of carbonyl (C=O) groups excluding carboxylic acids is 1. The molecule has 0 aliphatic heterocycles. The smallest absolute Gasteiger partial charge is 0.223 e. The van der Waals surface area contributed by atoms with Gasteiger partial charge in [0.1, 0.15) is 0 Å². The van der Waals surface area contributed by atoms with Gasteiger partial charge < -0.3 is 16.2 Å². The second-order valence-electron chi connectivity index (χ2n) is 6.12. The van der Waals surface area contributed by atoms with Crippen molar-refractivity contribution in [2.24, 2.45) is 17.6 Å². The van der Waals surface area contributed by atoms with Crippen LogP contribution in [0.4, 0.5) is 0 Å². The van der Waals surface area contributed by atoms with Crippen molar-refractivity contribution in [1.29, 1.82) is 0 Å². The van der Waals surface area contributed by atoms with Crippen LogP contribution >= 0.6 is 0 Å². The van der Waals surface area contributed by atoms with Crippen molar-refractivity contribution in [1.82, 2.24) is 5.32 Å². The Morgan fingerprint density at radius 3 is 2.61 bits per heavy atom. The van der Waals surface area contributed by atoms with Gasteiger partial charge in [-0.25, -0.2) is 0 Å². The van der Waals surface area contributed by atoms with Crippen molar-refractivity contribution in [3.05, 3.63) is 0 Å². The maximum absolute atomic E-state index is 12.2. The van der Waals surface area contributed by atoms with E-state index in [9.17, 15) is 9.90 Å². The summed E-state index contributed by atoms with van der Waals surface area (Å²) in [7, 11) is 0. The Morgan fingerprint density at radius 1 is 1.22 bits per heavy atom. The third-order valence-corrected chi connectivity index (χ3v) is 4.66. The largest absolute Gasteiger partial charge is 0.391 e. The number of rotatable bonds is 2. The van der Waals surface area contributed by atoms with E-state index in [1.165, 1.54) is 0 Å². The van der Waals surface area contributed by atoms with Crippen LogP contribution in [0.25, 0.3) is 0 Å². The standard InChI is InChI=1S/C14H26N2O2/c1-9-8-10(6-7-11(9)15)14(18)16-12-4-2-3-5-13(12)17/h9-13,17H,2-8,15H2,1H3,(H,16,18). The van der Waals surface area contributed by atoms with E-state index in [2.05, 4.69) is 12.2 Å². The lowest BCUT2D eigenvalue weighted by molar-refractivity contribution is -0.128. The maximum atomic E-state index is 12.2. The lowest BCUT2D eigenvalue weighted by Gasteiger charge is -2.34. The van der Waals surface area contributed by atoms with Gasteiger partial charge in [0, 0.05) is 12.0 Å². The number of nitrogens with one attached hydrogen (secondary N) is 1. The predicted octanol–water partition coefficient (Wildman–Crippen LogP) is 1.17. The van der Waals surface area contributed by atoms with Crippen molar-refractivity contribution in [2.75, 3.05) is 0 Å². The molecule has 104 valence electrons. The molecule has 0 spiro atoms. The number of amides is 1. The molecule has 4 heteroatoms. The molecule has 0 heterocycles. The fraction of sp³-hybridized carbons (Fsp3) is 0.929. The lowest BCUT2D eigenvalue weighted by Crippen LogP contribution is -2.48. The van der Waals surface area contributed by atoms with Gasteiger partial charge in [-0.3, -0.25) is 4.79 Å².